The molecule has 0 spiro atoms. The third-order valence-electron chi connectivity index (χ3n) is 5.23. The second kappa shape index (κ2) is 3.07. The highest BCUT2D eigenvalue weighted by Crippen LogP contribution is 2.88. The molecular weight excluding hydrogens is 384 g/mol. The first-order chi connectivity index (χ1) is 8.09. The third-order valence-corrected chi connectivity index (χ3v) is 10.7. The molecule has 0 aromatic carbocycles. The fraction of sp³-hybridized carbons (Fsp3) is 0.900. The predicted molar refractivity (Wildman–Crippen MR) is 74.9 cm³/mol. The molecule has 0 saturated heterocycles. The Labute approximate surface area is 138 Å². The van der Waals surface area contributed by atoms with Gasteiger partial charge < -0.3 is 0 Å². The summed E-state index contributed by atoms with van der Waals surface area (Å²) in [4.78, 5) is 8.46. The Morgan fingerprint density at radius 2 is 1.44 bits per heavy atom. The molecule has 0 unspecified atom stereocenters. The number of hydrogen-bond donors (Lipinski definition) is 0. The number of Topliss-reactive ketones (excluding diaryl/α,β-unsaturated/α-hetero) is 1. The van der Waals surface area contributed by atoms with Crippen molar-refractivity contribution in [3.05, 3.63) is 0 Å². The van der Waals surface area contributed by atoms with Gasteiger partial charge in [-0.2, -0.15) is 0 Å². The largest absolute Gasteiger partial charge is 0.299 e. The van der Waals surface area contributed by atoms with Crippen LogP contribution in [0.3, 0.4) is 0 Å². The van der Waals surface area contributed by atoms with E-state index >= 15 is 0 Å². The van der Waals surface area contributed by atoms with Crippen LogP contribution in [-0.4, -0.2) is 35.5 Å². The summed E-state index contributed by atoms with van der Waals surface area (Å²) in [5.41, 5.74) is 0. The van der Waals surface area contributed by atoms with Gasteiger partial charge in [-0.3, -0.25) is 4.79 Å². The summed E-state index contributed by atoms with van der Waals surface area (Å²) in [6.07, 6.45) is 0. The maximum absolute atomic E-state index is 12.4. The van der Waals surface area contributed by atoms with Gasteiger partial charge in [0.15, 0.2) is 4.33 Å². The maximum atomic E-state index is 12.4. The quantitative estimate of drug-likeness (QED) is 0.577. The van der Waals surface area contributed by atoms with Crippen molar-refractivity contribution in [3.8, 4) is 0 Å². The molecule has 0 radical (unpaired) electrons. The minimum atomic E-state index is -1.58. The van der Waals surface area contributed by atoms with Crippen molar-refractivity contribution in [2.24, 2.45) is 17.8 Å². The van der Waals surface area contributed by atoms with Gasteiger partial charge in [-0.15, -0.1) is 58.0 Å². The van der Waals surface area contributed by atoms with Gasteiger partial charge in [0.25, 0.3) is 0 Å². The number of ketones is 1. The summed E-state index contributed by atoms with van der Waals surface area (Å²) in [6.45, 7) is 0. The zero-order valence-corrected chi connectivity index (χ0v) is 13.7. The summed E-state index contributed by atoms with van der Waals surface area (Å²) < 4.78 is -1.58. The molecule has 4 saturated carbocycles. The van der Waals surface area contributed by atoms with E-state index in [0.717, 1.165) is 0 Å². The highest BCUT2D eigenvalue weighted by molar-refractivity contribution is 6.65. The van der Waals surface area contributed by atoms with Gasteiger partial charge in [0.1, 0.15) is 15.5 Å². The number of carbonyl (C=O) groups excluding carboxylic acids is 1. The van der Waals surface area contributed by atoms with Crippen molar-refractivity contribution in [1.82, 2.24) is 0 Å². The van der Waals surface area contributed by atoms with E-state index in [1.165, 1.54) is 0 Å². The number of hydrogen-bond acceptors (Lipinski definition) is 1. The lowest BCUT2D eigenvalue weighted by Crippen LogP contribution is -2.64. The number of halogens is 7. The average Bonchev–Trinajstić information content (AvgIpc) is 2.69. The molecule has 100 valence electrons. The van der Waals surface area contributed by atoms with Crippen molar-refractivity contribution in [2.45, 2.75) is 29.7 Å². The standard InChI is InChI=1S/C10H5Cl7O/c11-4-1-2-5(18)3(4)7(13)6(12)8(1,14)10(16,17)9(2,7)15/h1-4,6H/t1-,2+,3-,4-,6+,7-,8+,9-/m1/s1. The Bertz CT molecular complexity index is 508. The molecule has 4 aliphatic rings. The third kappa shape index (κ3) is 0.797. The van der Waals surface area contributed by atoms with Gasteiger partial charge in [0, 0.05) is 11.8 Å². The molecule has 8 atom stereocenters. The molecule has 4 aliphatic carbocycles. The van der Waals surface area contributed by atoms with Crippen LogP contribution < -0.4 is 0 Å². The minimum Gasteiger partial charge on any atom is -0.299 e. The first-order valence-electron chi connectivity index (χ1n) is 5.36. The molecule has 0 N–H and O–H groups in total. The number of rotatable bonds is 0. The smallest absolute Gasteiger partial charge is 0.160 e. The van der Waals surface area contributed by atoms with E-state index < -0.39 is 47.5 Å². The second-order valence-corrected chi connectivity index (χ2v) is 9.63. The zero-order valence-electron chi connectivity index (χ0n) is 8.44. The van der Waals surface area contributed by atoms with E-state index in [2.05, 4.69) is 0 Å². The molecular formula is C10H5Cl7O. The number of fused-ring (bicyclic) bond motifs is 4. The SMILES string of the molecule is O=C1[C@@H]2[C@@H]3[C@@H](Cl)[C@H]1[C@@]1(Cl)[C@H](Cl)[C@]3(Cl)C(Cl)(Cl)[C@@]21Cl. The highest BCUT2D eigenvalue weighted by Gasteiger charge is 3.01. The van der Waals surface area contributed by atoms with Crippen LogP contribution in [0.4, 0.5) is 0 Å². The highest BCUT2D eigenvalue weighted by atomic mass is 35.5. The lowest BCUT2D eigenvalue weighted by atomic mass is 9.69. The van der Waals surface area contributed by atoms with Crippen molar-refractivity contribution < 1.29 is 4.79 Å². The molecule has 0 aromatic heterocycles. The first kappa shape index (κ1) is 13.4. The fourth-order valence-corrected chi connectivity index (χ4v) is 9.32. The summed E-state index contributed by atoms with van der Waals surface area (Å²) in [5, 5.41) is -1.31. The molecule has 0 heterocycles. The minimum absolute atomic E-state index is 0.110. The lowest BCUT2D eigenvalue weighted by Gasteiger charge is -2.50. The van der Waals surface area contributed by atoms with Gasteiger partial charge in [-0.05, 0) is 0 Å². The Balaban J connectivity index is 2.14. The van der Waals surface area contributed by atoms with Crippen LogP contribution in [0.15, 0.2) is 0 Å². The molecule has 0 aliphatic heterocycles. The molecule has 4 bridgehead atoms. The molecule has 4 rings (SSSR count). The van der Waals surface area contributed by atoms with Crippen LogP contribution in [0.5, 0.6) is 0 Å². The second-order valence-electron chi connectivity index (χ2n) is 5.51. The molecule has 1 nitrogen and oxygen atoms in total. The first-order valence-corrected chi connectivity index (χ1v) is 8.12. The van der Waals surface area contributed by atoms with Gasteiger partial charge >= 0.3 is 0 Å². The maximum Gasteiger partial charge on any atom is 0.160 e. The van der Waals surface area contributed by atoms with Crippen molar-refractivity contribution in [2.75, 3.05) is 0 Å². The Hall–Kier alpha value is 1.70. The van der Waals surface area contributed by atoms with Crippen LogP contribution in [0.25, 0.3) is 0 Å². The normalized spacial score (nSPS) is 70.6. The number of alkyl halides is 7. The molecule has 18 heavy (non-hydrogen) atoms. The summed E-state index contributed by atoms with van der Waals surface area (Å²) in [6, 6.07) is 0. The van der Waals surface area contributed by atoms with Gasteiger partial charge in [0.2, 0.25) is 0 Å². The van der Waals surface area contributed by atoms with E-state index in [9.17, 15) is 4.79 Å². The van der Waals surface area contributed by atoms with Crippen LogP contribution >= 0.6 is 81.2 Å². The van der Waals surface area contributed by atoms with Crippen molar-refractivity contribution >= 4 is 87.0 Å². The topological polar surface area (TPSA) is 17.1 Å². The Morgan fingerprint density at radius 3 is 2.00 bits per heavy atom. The van der Waals surface area contributed by atoms with E-state index in [-0.39, 0.29) is 5.78 Å². The van der Waals surface area contributed by atoms with Crippen LogP contribution in [0.1, 0.15) is 0 Å². The molecule has 8 heteroatoms. The van der Waals surface area contributed by atoms with Gasteiger partial charge in [-0.25, -0.2) is 0 Å². The zero-order chi connectivity index (χ0) is 13.5. The van der Waals surface area contributed by atoms with Crippen molar-refractivity contribution in [1.29, 1.82) is 0 Å². The fourth-order valence-electron chi connectivity index (χ4n) is 4.64. The van der Waals surface area contributed by atoms with E-state index in [0.29, 0.717) is 0 Å². The van der Waals surface area contributed by atoms with Crippen LogP contribution in [0, 0.1) is 17.8 Å². The van der Waals surface area contributed by atoms with Crippen LogP contribution in [-0.2, 0) is 4.79 Å². The number of carbonyl (C=O) groups is 1. The molecule has 0 aromatic rings. The average molecular weight is 389 g/mol. The summed E-state index contributed by atoms with van der Waals surface area (Å²) >= 11 is 45.3. The van der Waals surface area contributed by atoms with E-state index in [1.54, 1.807) is 0 Å². The van der Waals surface area contributed by atoms with Gasteiger partial charge in [0.05, 0.1) is 21.5 Å². The summed E-state index contributed by atoms with van der Waals surface area (Å²) in [7, 11) is 0. The Morgan fingerprint density at radius 1 is 0.889 bits per heavy atom. The monoisotopic (exact) mass is 386 g/mol. The van der Waals surface area contributed by atoms with Crippen LogP contribution in [0.2, 0.25) is 0 Å². The molecule has 4 fully saturated rings. The van der Waals surface area contributed by atoms with Gasteiger partial charge in [-0.1, -0.05) is 23.2 Å². The van der Waals surface area contributed by atoms with E-state index in [1.807, 2.05) is 0 Å². The predicted octanol–water partition coefficient (Wildman–Crippen LogP) is 3.78. The van der Waals surface area contributed by atoms with Crippen molar-refractivity contribution in [3.63, 3.8) is 0 Å². The lowest BCUT2D eigenvalue weighted by molar-refractivity contribution is -0.121. The summed E-state index contributed by atoms with van der Waals surface area (Å²) in [5.74, 6) is -1.80. The van der Waals surface area contributed by atoms with E-state index in [4.69, 9.17) is 81.2 Å². The molecule has 0 amide bonds. The Kier molecular flexibility index (Phi) is 2.28.